The van der Waals surface area contributed by atoms with Gasteiger partial charge in [-0.15, -0.1) is 0 Å². The molecule has 0 aromatic heterocycles. The lowest BCUT2D eigenvalue weighted by Crippen LogP contribution is -2.56. The van der Waals surface area contributed by atoms with Crippen molar-refractivity contribution in [1.82, 2.24) is 10.6 Å². The van der Waals surface area contributed by atoms with E-state index in [0.717, 1.165) is 0 Å². The number of amides is 1. The van der Waals surface area contributed by atoms with Crippen LogP contribution in [0.25, 0.3) is 0 Å². The fraction of sp³-hybridized carbons (Fsp3) is 0.125. The molecule has 1 atom stereocenters. The van der Waals surface area contributed by atoms with Crippen molar-refractivity contribution < 1.29 is 4.79 Å². The topological polar surface area (TPSA) is 53.2 Å². The lowest BCUT2D eigenvalue weighted by Gasteiger charge is -2.27. The van der Waals surface area contributed by atoms with Crippen LogP contribution in [0.3, 0.4) is 0 Å². The third kappa shape index (κ3) is 6.53. The number of carbonyl (C=O) groups excluding carboxylic acids is 1. The first kappa shape index (κ1) is 20.1. The predicted molar refractivity (Wildman–Crippen MR) is 109 cm³/mol. The maximum Gasteiger partial charge on any atom is 0.252 e. The molecule has 0 aliphatic rings. The Morgan fingerprint density at radius 1 is 1.00 bits per heavy atom. The number of hydrogen-bond donors (Lipinski definition) is 3. The van der Waals surface area contributed by atoms with E-state index in [1.807, 2.05) is 0 Å². The number of thiocarbonyl (C=S) groups is 1. The molecule has 4 nitrogen and oxygen atoms in total. The molecule has 0 fully saturated rings. The third-order valence-electron chi connectivity index (χ3n) is 3.00. The van der Waals surface area contributed by atoms with Crippen LogP contribution in [-0.4, -0.2) is 21.0 Å². The van der Waals surface area contributed by atoms with Crippen LogP contribution in [0, 0.1) is 0 Å². The van der Waals surface area contributed by atoms with Gasteiger partial charge in [0.2, 0.25) is 3.79 Å². The lowest BCUT2D eigenvalue weighted by atomic mass is 10.2. The summed E-state index contributed by atoms with van der Waals surface area (Å²) in [7, 11) is 0. The van der Waals surface area contributed by atoms with Gasteiger partial charge in [-0.25, -0.2) is 0 Å². The van der Waals surface area contributed by atoms with E-state index >= 15 is 0 Å². The molecule has 1 amide bonds. The van der Waals surface area contributed by atoms with Crippen LogP contribution in [0.15, 0.2) is 54.6 Å². The standard InChI is InChI=1S/C16H13Cl4N3OS/c17-11-7-4-8-12(9-11)21-15(25)23-14(16(18,19)20)22-13(24)10-5-2-1-3-6-10/h1-9,14H,(H,22,24)(H2,21,23,25). The number of rotatable bonds is 4. The van der Waals surface area contributed by atoms with Gasteiger partial charge in [0.1, 0.15) is 6.17 Å². The fourth-order valence-electron chi connectivity index (χ4n) is 1.87. The molecule has 0 aliphatic carbocycles. The van der Waals surface area contributed by atoms with Crippen molar-refractivity contribution in [2.45, 2.75) is 9.96 Å². The minimum Gasteiger partial charge on any atom is -0.339 e. The molecule has 0 saturated carbocycles. The van der Waals surface area contributed by atoms with Gasteiger partial charge < -0.3 is 16.0 Å². The predicted octanol–water partition coefficient (Wildman–Crippen LogP) is 4.75. The summed E-state index contributed by atoms with van der Waals surface area (Å²) in [6.07, 6.45) is -1.05. The van der Waals surface area contributed by atoms with Gasteiger partial charge in [0.15, 0.2) is 5.11 Å². The molecular formula is C16H13Cl4N3OS. The number of nitrogens with one attached hydrogen (secondary N) is 3. The van der Waals surface area contributed by atoms with E-state index in [4.69, 9.17) is 58.6 Å². The largest absolute Gasteiger partial charge is 0.339 e. The molecular weight excluding hydrogens is 424 g/mol. The number of halogens is 4. The summed E-state index contributed by atoms with van der Waals surface area (Å²) < 4.78 is -1.83. The molecule has 3 N–H and O–H groups in total. The van der Waals surface area contributed by atoms with Crippen molar-refractivity contribution in [3.8, 4) is 0 Å². The Labute approximate surface area is 170 Å². The molecule has 2 aromatic carbocycles. The normalized spacial score (nSPS) is 12.2. The first-order chi connectivity index (χ1) is 11.8. The van der Waals surface area contributed by atoms with E-state index in [1.165, 1.54) is 0 Å². The van der Waals surface area contributed by atoms with E-state index in [0.29, 0.717) is 16.3 Å². The summed E-state index contributed by atoms with van der Waals surface area (Å²) in [6.45, 7) is 0. The molecule has 1 unspecified atom stereocenters. The van der Waals surface area contributed by atoms with Crippen LogP contribution < -0.4 is 16.0 Å². The van der Waals surface area contributed by atoms with Crippen molar-refractivity contribution in [2.24, 2.45) is 0 Å². The third-order valence-corrected chi connectivity index (χ3v) is 4.11. The summed E-state index contributed by atoms with van der Waals surface area (Å²) in [4.78, 5) is 12.3. The average molecular weight is 437 g/mol. The van der Waals surface area contributed by atoms with Gasteiger partial charge in [-0.1, -0.05) is 70.7 Å². The molecule has 0 bridgehead atoms. The molecule has 2 aromatic rings. The summed E-state index contributed by atoms with van der Waals surface area (Å²) in [5, 5.41) is 8.99. The lowest BCUT2D eigenvalue weighted by molar-refractivity contribution is 0.0934. The highest BCUT2D eigenvalue weighted by Gasteiger charge is 2.34. The van der Waals surface area contributed by atoms with E-state index in [2.05, 4.69) is 16.0 Å². The van der Waals surface area contributed by atoms with Gasteiger partial charge in [-0.05, 0) is 42.5 Å². The van der Waals surface area contributed by atoms with Crippen LogP contribution in [0.4, 0.5) is 5.69 Å². The Morgan fingerprint density at radius 2 is 1.68 bits per heavy atom. The van der Waals surface area contributed by atoms with Crippen LogP contribution in [0.5, 0.6) is 0 Å². The van der Waals surface area contributed by atoms with Crippen LogP contribution in [-0.2, 0) is 0 Å². The Morgan fingerprint density at radius 3 is 2.28 bits per heavy atom. The minimum absolute atomic E-state index is 0.159. The van der Waals surface area contributed by atoms with E-state index < -0.39 is 15.9 Å². The summed E-state index contributed by atoms with van der Waals surface area (Å²) in [5.41, 5.74) is 1.08. The molecule has 0 saturated heterocycles. The van der Waals surface area contributed by atoms with E-state index in [1.54, 1.807) is 54.6 Å². The molecule has 2 rings (SSSR count). The van der Waals surface area contributed by atoms with Gasteiger partial charge in [-0.2, -0.15) is 0 Å². The highest BCUT2D eigenvalue weighted by molar-refractivity contribution is 7.80. The first-order valence-corrected chi connectivity index (χ1v) is 8.93. The van der Waals surface area contributed by atoms with Gasteiger partial charge in [0, 0.05) is 16.3 Å². The number of carbonyl (C=O) groups is 1. The quantitative estimate of drug-likeness (QED) is 0.367. The zero-order valence-corrected chi connectivity index (χ0v) is 16.4. The van der Waals surface area contributed by atoms with Gasteiger partial charge in [-0.3, -0.25) is 4.79 Å². The van der Waals surface area contributed by atoms with E-state index in [9.17, 15) is 4.79 Å². The highest BCUT2D eigenvalue weighted by Crippen LogP contribution is 2.29. The summed E-state index contributed by atoms with van der Waals surface area (Å²) in [5.74, 6) is -0.407. The summed E-state index contributed by atoms with van der Waals surface area (Å²) >= 11 is 29.0. The number of hydrogen-bond acceptors (Lipinski definition) is 2. The van der Waals surface area contributed by atoms with Crippen LogP contribution in [0.2, 0.25) is 5.02 Å². The second kappa shape index (κ2) is 8.92. The zero-order chi connectivity index (χ0) is 18.4. The van der Waals surface area contributed by atoms with Crippen LogP contribution >= 0.6 is 58.6 Å². The van der Waals surface area contributed by atoms with Crippen molar-refractivity contribution in [1.29, 1.82) is 0 Å². The molecule has 0 radical (unpaired) electrons. The second-order valence-electron chi connectivity index (χ2n) is 4.92. The average Bonchev–Trinajstić information content (AvgIpc) is 2.54. The van der Waals surface area contributed by atoms with Crippen molar-refractivity contribution >= 4 is 75.3 Å². The van der Waals surface area contributed by atoms with E-state index in [-0.39, 0.29) is 5.11 Å². The SMILES string of the molecule is O=C(NC(NC(=S)Nc1cccc(Cl)c1)C(Cl)(Cl)Cl)c1ccccc1. The second-order valence-corrected chi connectivity index (χ2v) is 8.14. The Bertz CT molecular complexity index is 753. The molecule has 25 heavy (non-hydrogen) atoms. The van der Waals surface area contributed by atoms with Crippen molar-refractivity contribution in [3.05, 3.63) is 65.2 Å². The molecule has 0 spiro atoms. The molecule has 132 valence electrons. The molecule has 0 aliphatic heterocycles. The number of benzene rings is 2. The van der Waals surface area contributed by atoms with Gasteiger partial charge >= 0.3 is 0 Å². The number of anilines is 1. The molecule has 0 heterocycles. The maximum atomic E-state index is 12.3. The minimum atomic E-state index is -1.83. The first-order valence-electron chi connectivity index (χ1n) is 7.01. The van der Waals surface area contributed by atoms with Gasteiger partial charge in [0.25, 0.3) is 5.91 Å². The number of alkyl halides is 3. The maximum absolute atomic E-state index is 12.3. The Kier molecular flexibility index (Phi) is 7.16. The molecule has 9 heteroatoms. The smallest absolute Gasteiger partial charge is 0.252 e. The van der Waals surface area contributed by atoms with Gasteiger partial charge in [0.05, 0.1) is 0 Å². The Hall–Kier alpha value is -1.24. The fourth-order valence-corrected chi connectivity index (χ4v) is 2.62. The zero-order valence-electron chi connectivity index (χ0n) is 12.6. The van der Waals surface area contributed by atoms with Crippen LogP contribution in [0.1, 0.15) is 10.4 Å². The van der Waals surface area contributed by atoms with Crippen molar-refractivity contribution in [3.63, 3.8) is 0 Å². The highest BCUT2D eigenvalue weighted by atomic mass is 35.6. The summed E-state index contributed by atoms with van der Waals surface area (Å²) in [6, 6.07) is 15.5. The Balaban J connectivity index is 2.05. The monoisotopic (exact) mass is 435 g/mol. The van der Waals surface area contributed by atoms with Crippen molar-refractivity contribution in [2.75, 3.05) is 5.32 Å².